The van der Waals surface area contributed by atoms with Crippen molar-refractivity contribution in [3.05, 3.63) is 23.4 Å². The maximum absolute atomic E-state index is 12.2. The molecule has 0 aliphatic rings. The highest BCUT2D eigenvalue weighted by molar-refractivity contribution is 7.86. The van der Waals surface area contributed by atoms with Crippen LogP contribution in [0, 0.1) is 0 Å². The lowest BCUT2D eigenvalue weighted by molar-refractivity contribution is 0.548. The van der Waals surface area contributed by atoms with Gasteiger partial charge in [0.05, 0.1) is 0 Å². The van der Waals surface area contributed by atoms with Crippen molar-refractivity contribution in [1.29, 1.82) is 0 Å². The minimum atomic E-state index is -4.72. The summed E-state index contributed by atoms with van der Waals surface area (Å²) in [4.78, 5) is 3.26. The van der Waals surface area contributed by atoms with E-state index in [0.717, 1.165) is 12.3 Å². The molecule has 0 saturated carbocycles. The van der Waals surface area contributed by atoms with Crippen molar-refractivity contribution in [2.75, 3.05) is 0 Å². The Morgan fingerprint density at radius 1 is 1.55 bits per heavy atom. The smallest absolute Gasteiger partial charge is 0.242 e. The number of hydrogen-bond donors (Lipinski definition) is 0. The largest absolute Gasteiger partial charge is 0.349 e. The Labute approximate surface area is 68.0 Å². The lowest BCUT2D eigenvalue weighted by atomic mass is 10.5. The van der Waals surface area contributed by atoms with Gasteiger partial charge in [-0.1, -0.05) is 15.5 Å². The highest BCUT2D eigenvalue weighted by Gasteiger charge is 2.12. The first-order chi connectivity index (χ1) is 5.00. The Kier molecular flexibility index (Phi) is 2.10. The number of rotatable bonds is 1. The molecule has 0 bridgehead atoms. The third kappa shape index (κ3) is 2.13. The van der Waals surface area contributed by atoms with Crippen molar-refractivity contribution in [3.63, 3.8) is 0 Å². The lowest BCUT2D eigenvalue weighted by Gasteiger charge is -1.92. The molecule has 0 N–H and O–H groups in total. The highest BCUT2D eigenvalue weighted by atomic mass is 35.5. The molecule has 1 rings (SSSR count). The molecule has 11 heavy (non-hydrogen) atoms. The summed E-state index contributed by atoms with van der Waals surface area (Å²) in [5.41, 5.74) is 0. The summed E-state index contributed by atoms with van der Waals surface area (Å²) < 4.78 is 32.5. The van der Waals surface area contributed by atoms with Crippen molar-refractivity contribution >= 4 is 21.8 Å². The second-order valence-electron chi connectivity index (χ2n) is 1.75. The molecule has 3 nitrogen and oxygen atoms in total. The van der Waals surface area contributed by atoms with E-state index in [-0.39, 0.29) is 5.02 Å². The zero-order chi connectivity index (χ0) is 8.48. The van der Waals surface area contributed by atoms with Crippen LogP contribution in [0.15, 0.2) is 23.4 Å². The first-order valence-corrected chi connectivity index (χ1v) is 4.32. The van der Waals surface area contributed by atoms with E-state index in [1.54, 1.807) is 0 Å². The van der Waals surface area contributed by atoms with Crippen molar-refractivity contribution in [2.45, 2.75) is 5.03 Å². The summed E-state index contributed by atoms with van der Waals surface area (Å²) in [6.45, 7) is 0. The Balaban J connectivity index is 3.28. The second kappa shape index (κ2) is 2.75. The third-order valence-corrected chi connectivity index (χ3v) is 1.90. The molecular formula is C5H3ClFNO2S. The van der Waals surface area contributed by atoms with E-state index in [4.69, 9.17) is 11.6 Å². The SMILES string of the molecule is O=S(=O)(F)c1cc(Cl)ccn1. The van der Waals surface area contributed by atoms with Gasteiger partial charge in [0.2, 0.25) is 0 Å². The van der Waals surface area contributed by atoms with Gasteiger partial charge in [0.1, 0.15) is 0 Å². The number of aromatic nitrogens is 1. The molecule has 0 unspecified atom stereocenters. The minimum Gasteiger partial charge on any atom is -0.242 e. The Morgan fingerprint density at radius 3 is 2.55 bits per heavy atom. The molecule has 1 heterocycles. The van der Waals surface area contributed by atoms with Gasteiger partial charge in [-0.25, -0.2) is 4.98 Å². The van der Waals surface area contributed by atoms with Crippen LogP contribution in [0.2, 0.25) is 5.02 Å². The molecule has 1 aromatic rings. The van der Waals surface area contributed by atoms with E-state index in [2.05, 4.69) is 4.98 Å². The number of hydrogen-bond acceptors (Lipinski definition) is 3. The van der Waals surface area contributed by atoms with Gasteiger partial charge in [0.15, 0.2) is 5.03 Å². The molecule has 0 saturated heterocycles. The van der Waals surface area contributed by atoms with Crippen molar-refractivity contribution in [3.8, 4) is 0 Å². The van der Waals surface area contributed by atoms with E-state index in [1.807, 2.05) is 0 Å². The van der Waals surface area contributed by atoms with Crippen LogP contribution in [-0.2, 0) is 10.2 Å². The van der Waals surface area contributed by atoms with Crippen LogP contribution in [-0.4, -0.2) is 13.4 Å². The average molecular weight is 196 g/mol. The van der Waals surface area contributed by atoms with E-state index in [9.17, 15) is 12.3 Å². The van der Waals surface area contributed by atoms with Crippen LogP contribution in [0.1, 0.15) is 0 Å². The zero-order valence-corrected chi connectivity index (χ0v) is 6.73. The highest BCUT2D eigenvalue weighted by Crippen LogP contribution is 2.13. The molecule has 6 heteroatoms. The van der Waals surface area contributed by atoms with Gasteiger partial charge in [-0.2, -0.15) is 8.42 Å². The molecule has 0 radical (unpaired) electrons. The van der Waals surface area contributed by atoms with Gasteiger partial charge < -0.3 is 0 Å². The quantitative estimate of drug-likeness (QED) is 0.637. The number of nitrogens with zero attached hydrogens (tertiary/aromatic N) is 1. The summed E-state index contributed by atoms with van der Waals surface area (Å²) in [5.74, 6) is 0. The predicted octanol–water partition coefficient (Wildman–Crippen LogP) is 1.39. The normalized spacial score (nSPS) is 11.5. The van der Waals surface area contributed by atoms with E-state index >= 15 is 0 Å². The van der Waals surface area contributed by atoms with Gasteiger partial charge >= 0.3 is 10.2 Å². The summed E-state index contributed by atoms with van der Waals surface area (Å²) in [7, 11) is -4.72. The maximum atomic E-state index is 12.2. The number of halogens is 2. The summed E-state index contributed by atoms with van der Waals surface area (Å²) in [6.07, 6.45) is 1.12. The van der Waals surface area contributed by atoms with Crippen LogP contribution >= 0.6 is 11.6 Å². The molecular weight excluding hydrogens is 193 g/mol. The molecule has 0 fully saturated rings. The minimum absolute atomic E-state index is 0.135. The fraction of sp³-hybridized carbons (Fsp3) is 0. The standard InChI is InChI=1S/C5H3ClFNO2S/c6-4-1-2-8-5(3-4)11(7,9)10/h1-3H. The van der Waals surface area contributed by atoms with Gasteiger partial charge in [-0.05, 0) is 12.1 Å². The van der Waals surface area contributed by atoms with E-state index < -0.39 is 15.2 Å². The molecule has 1 aromatic heterocycles. The average Bonchev–Trinajstić information content (AvgIpc) is 1.86. The van der Waals surface area contributed by atoms with Crippen LogP contribution in [0.25, 0.3) is 0 Å². The van der Waals surface area contributed by atoms with Crippen molar-refractivity contribution in [2.24, 2.45) is 0 Å². The fourth-order valence-electron chi connectivity index (χ4n) is 0.519. The number of pyridine rings is 1. The summed E-state index contributed by atoms with van der Waals surface area (Å²) >= 11 is 5.38. The Bertz CT molecular complexity index is 365. The van der Waals surface area contributed by atoms with Crippen LogP contribution in [0.3, 0.4) is 0 Å². The second-order valence-corrected chi connectivity index (χ2v) is 3.48. The molecule has 0 atom stereocenters. The molecule has 0 amide bonds. The third-order valence-electron chi connectivity index (χ3n) is 0.947. The summed E-state index contributed by atoms with van der Waals surface area (Å²) in [5, 5.41) is -0.527. The molecule has 0 spiro atoms. The predicted molar refractivity (Wildman–Crippen MR) is 37.5 cm³/mol. The van der Waals surface area contributed by atoms with Crippen molar-refractivity contribution in [1.82, 2.24) is 4.98 Å². The van der Waals surface area contributed by atoms with Crippen LogP contribution in [0.4, 0.5) is 3.89 Å². The van der Waals surface area contributed by atoms with E-state index in [0.29, 0.717) is 0 Å². The van der Waals surface area contributed by atoms with Crippen LogP contribution < -0.4 is 0 Å². The first kappa shape index (κ1) is 8.42. The lowest BCUT2D eigenvalue weighted by Crippen LogP contribution is -1.94. The van der Waals surface area contributed by atoms with E-state index in [1.165, 1.54) is 6.07 Å². The zero-order valence-electron chi connectivity index (χ0n) is 5.16. The van der Waals surface area contributed by atoms with Gasteiger partial charge in [-0.15, -0.1) is 0 Å². The van der Waals surface area contributed by atoms with Gasteiger partial charge in [-0.3, -0.25) is 0 Å². The fourth-order valence-corrected chi connectivity index (χ4v) is 1.20. The monoisotopic (exact) mass is 195 g/mol. The molecule has 0 aliphatic heterocycles. The Hall–Kier alpha value is -0.680. The van der Waals surface area contributed by atoms with Gasteiger partial charge in [0.25, 0.3) is 0 Å². The summed E-state index contributed by atoms with van der Waals surface area (Å²) in [6, 6.07) is 2.30. The van der Waals surface area contributed by atoms with Gasteiger partial charge in [0, 0.05) is 11.2 Å². The van der Waals surface area contributed by atoms with Crippen LogP contribution in [0.5, 0.6) is 0 Å². The Morgan fingerprint density at radius 2 is 2.18 bits per heavy atom. The molecule has 0 aliphatic carbocycles. The van der Waals surface area contributed by atoms with Crippen molar-refractivity contribution < 1.29 is 12.3 Å². The molecule has 0 aromatic carbocycles. The molecule has 60 valence electrons. The maximum Gasteiger partial charge on any atom is 0.349 e. The topological polar surface area (TPSA) is 47.0 Å². The first-order valence-electron chi connectivity index (χ1n) is 2.56.